The smallest absolute Gasteiger partial charge is 0.137 e. The Hall–Kier alpha value is -1.32. The summed E-state index contributed by atoms with van der Waals surface area (Å²) < 4.78 is 0. The molecule has 1 saturated heterocycles. The molecule has 2 heterocycles. The Morgan fingerprint density at radius 1 is 1.28 bits per heavy atom. The van der Waals surface area contributed by atoms with Gasteiger partial charge in [-0.25, -0.2) is 9.97 Å². The highest BCUT2D eigenvalue weighted by Crippen LogP contribution is 2.27. The molecular formula is C14H24N4. The number of hydrogen-bond donors (Lipinski definition) is 1. The van der Waals surface area contributed by atoms with Crippen molar-refractivity contribution in [3.8, 4) is 0 Å². The zero-order chi connectivity index (χ0) is 13.1. The van der Waals surface area contributed by atoms with E-state index in [-0.39, 0.29) is 0 Å². The van der Waals surface area contributed by atoms with Crippen LogP contribution in [0.2, 0.25) is 0 Å². The van der Waals surface area contributed by atoms with Gasteiger partial charge < -0.3 is 10.6 Å². The second kappa shape index (κ2) is 5.55. The molecule has 0 aliphatic carbocycles. The van der Waals surface area contributed by atoms with Crippen molar-refractivity contribution in [3.63, 3.8) is 0 Å². The summed E-state index contributed by atoms with van der Waals surface area (Å²) in [6.45, 7) is 7.47. The highest BCUT2D eigenvalue weighted by atomic mass is 15.2. The van der Waals surface area contributed by atoms with Crippen LogP contribution in [-0.2, 0) is 6.42 Å². The maximum atomic E-state index is 6.01. The van der Waals surface area contributed by atoms with Gasteiger partial charge in [0.1, 0.15) is 17.5 Å². The average molecular weight is 248 g/mol. The third-order valence-electron chi connectivity index (χ3n) is 3.85. The van der Waals surface area contributed by atoms with Crippen LogP contribution in [-0.4, -0.2) is 22.6 Å². The van der Waals surface area contributed by atoms with Crippen LogP contribution >= 0.6 is 0 Å². The van der Waals surface area contributed by atoms with Gasteiger partial charge in [0.25, 0.3) is 0 Å². The third kappa shape index (κ3) is 2.57. The SMILES string of the molecule is CCc1nc(N)c(C)c(N2CCCCCC2C)n1. The third-order valence-corrected chi connectivity index (χ3v) is 3.85. The van der Waals surface area contributed by atoms with Gasteiger partial charge in [-0.3, -0.25) is 0 Å². The van der Waals surface area contributed by atoms with Crippen molar-refractivity contribution in [2.75, 3.05) is 17.2 Å². The molecule has 1 aliphatic rings. The molecule has 1 atom stereocenters. The summed E-state index contributed by atoms with van der Waals surface area (Å²) in [6, 6.07) is 0.546. The summed E-state index contributed by atoms with van der Waals surface area (Å²) in [6.07, 6.45) is 5.96. The summed E-state index contributed by atoms with van der Waals surface area (Å²) in [5.41, 5.74) is 7.04. The van der Waals surface area contributed by atoms with Gasteiger partial charge in [0.2, 0.25) is 0 Å². The lowest BCUT2D eigenvalue weighted by atomic mass is 10.1. The molecule has 0 saturated carbocycles. The van der Waals surface area contributed by atoms with Gasteiger partial charge in [-0.15, -0.1) is 0 Å². The summed E-state index contributed by atoms with van der Waals surface area (Å²) >= 11 is 0. The number of hydrogen-bond acceptors (Lipinski definition) is 4. The van der Waals surface area contributed by atoms with Gasteiger partial charge in [-0.05, 0) is 26.7 Å². The normalized spacial score (nSPS) is 20.8. The zero-order valence-corrected chi connectivity index (χ0v) is 11.7. The van der Waals surface area contributed by atoms with Crippen LogP contribution in [0, 0.1) is 6.92 Å². The summed E-state index contributed by atoms with van der Waals surface area (Å²) in [7, 11) is 0. The predicted octanol–water partition coefficient (Wildman–Crippen LogP) is 2.70. The fraction of sp³-hybridized carbons (Fsp3) is 0.714. The average Bonchev–Trinajstić information content (AvgIpc) is 2.57. The lowest BCUT2D eigenvalue weighted by Gasteiger charge is -2.30. The molecule has 1 fully saturated rings. The van der Waals surface area contributed by atoms with E-state index in [9.17, 15) is 0 Å². The highest BCUT2D eigenvalue weighted by molar-refractivity contribution is 5.57. The highest BCUT2D eigenvalue weighted by Gasteiger charge is 2.21. The molecule has 18 heavy (non-hydrogen) atoms. The van der Waals surface area contributed by atoms with Crippen LogP contribution in [0.15, 0.2) is 0 Å². The molecule has 1 unspecified atom stereocenters. The van der Waals surface area contributed by atoms with Crippen molar-refractivity contribution in [2.45, 2.75) is 58.9 Å². The number of nitrogen functional groups attached to an aromatic ring is 1. The maximum absolute atomic E-state index is 6.01. The molecule has 1 aromatic heterocycles. The molecule has 1 aromatic rings. The van der Waals surface area contributed by atoms with Crippen LogP contribution in [0.1, 0.15) is 50.9 Å². The number of anilines is 2. The van der Waals surface area contributed by atoms with Crippen molar-refractivity contribution in [2.24, 2.45) is 0 Å². The van der Waals surface area contributed by atoms with Gasteiger partial charge in [0.15, 0.2) is 0 Å². The molecule has 0 amide bonds. The van der Waals surface area contributed by atoms with Crippen molar-refractivity contribution in [3.05, 3.63) is 11.4 Å². The molecule has 4 nitrogen and oxygen atoms in total. The van der Waals surface area contributed by atoms with E-state index in [0.717, 1.165) is 30.2 Å². The largest absolute Gasteiger partial charge is 0.383 e. The number of nitrogens with zero attached hydrogens (tertiary/aromatic N) is 3. The molecule has 4 heteroatoms. The molecule has 0 bridgehead atoms. The Balaban J connectivity index is 2.38. The quantitative estimate of drug-likeness (QED) is 0.874. The molecule has 0 radical (unpaired) electrons. The first kappa shape index (κ1) is 13.1. The molecule has 2 rings (SSSR count). The van der Waals surface area contributed by atoms with E-state index >= 15 is 0 Å². The summed E-state index contributed by atoms with van der Waals surface area (Å²) in [5.74, 6) is 2.53. The standard InChI is InChI=1S/C14H24N4/c1-4-12-16-13(15)11(3)14(17-12)18-9-7-5-6-8-10(18)2/h10H,4-9H2,1-3H3,(H2,15,16,17). The van der Waals surface area contributed by atoms with E-state index in [1.54, 1.807) is 0 Å². The minimum Gasteiger partial charge on any atom is -0.383 e. The van der Waals surface area contributed by atoms with E-state index in [0.29, 0.717) is 11.9 Å². The van der Waals surface area contributed by atoms with Crippen LogP contribution in [0.5, 0.6) is 0 Å². The van der Waals surface area contributed by atoms with E-state index in [2.05, 4.69) is 23.7 Å². The van der Waals surface area contributed by atoms with E-state index in [1.165, 1.54) is 25.7 Å². The van der Waals surface area contributed by atoms with Gasteiger partial charge >= 0.3 is 0 Å². The Labute approximate surface area is 110 Å². The van der Waals surface area contributed by atoms with Gasteiger partial charge in [-0.2, -0.15) is 0 Å². The first-order valence-electron chi connectivity index (χ1n) is 7.03. The predicted molar refractivity (Wildman–Crippen MR) is 75.8 cm³/mol. The van der Waals surface area contributed by atoms with Crippen molar-refractivity contribution < 1.29 is 0 Å². The van der Waals surface area contributed by atoms with Crippen LogP contribution < -0.4 is 10.6 Å². The lowest BCUT2D eigenvalue weighted by Crippen LogP contribution is -2.34. The number of rotatable bonds is 2. The van der Waals surface area contributed by atoms with Crippen LogP contribution in [0.3, 0.4) is 0 Å². The zero-order valence-electron chi connectivity index (χ0n) is 11.7. The maximum Gasteiger partial charge on any atom is 0.137 e. The monoisotopic (exact) mass is 248 g/mol. The fourth-order valence-electron chi connectivity index (χ4n) is 2.60. The van der Waals surface area contributed by atoms with Gasteiger partial charge in [0.05, 0.1) is 0 Å². The van der Waals surface area contributed by atoms with Crippen molar-refractivity contribution in [1.82, 2.24) is 9.97 Å². The lowest BCUT2D eigenvalue weighted by molar-refractivity contribution is 0.608. The molecule has 0 spiro atoms. The first-order valence-corrected chi connectivity index (χ1v) is 7.03. The fourth-order valence-corrected chi connectivity index (χ4v) is 2.60. The van der Waals surface area contributed by atoms with Crippen molar-refractivity contribution in [1.29, 1.82) is 0 Å². The summed E-state index contributed by atoms with van der Waals surface area (Å²) in [5, 5.41) is 0. The molecule has 0 aromatic carbocycles. The molecule has 1 aliphatic heterocycles. The van der Waals surface area contributed by atoms with Crippen LogP contribution in [0.4, 0.5) is 11.6 Å². The van der Waals surface area contributed by atoms with E-state index in [1.807, 2.05) is 6.92 Å². The number of aryl methyl sites for hydroxylation is 1. The Morgan fingerprint density at radius 3 is 2.78 bits per heavy atom. The molecule has 2 N–H and O–H groups in total. The van der Waals surface area contributed by atoms with Gasteiger partial charge in [-0.1, -0.05) is 19.8 Å². The minimum absolute atomic E-state index is 0.546. The topological polar surface area (TPSA) is 55.0 Å². The first-order chi connectivity index (χ1) is 8.63. The summed E-state index contributed by atoms with van der Waals surface area (Å²) in [4.78, 5) is 11.5. The Morgan fingerprint density at radius 2 is 2.06 bits per heavy atom. The second-order valence-corrected chi connectivity index (χ2v) is 5.22. The number of aromatic nitrogens is 2. The van der Waals surface area contributed by atoms with Crippen molar-refractivity contribution >= 4 is 11.6 Å². The molecular weight excluding hydrogens is 224 g/mol. The van der Waals surface area contributed by atoms with Crippen LogP contribution in [0.25, 0.3) is 0 Å². The van der Waals surface area contributed by atoms with E-state index in [4.69, 9.17) is 10.7 Å². The number of nitrogens with two attached hydrogens (primary N) is 1. The molecule has 100 valence electrons. The van der Waals surface area contributed by atoms with E-state index < -0.39 is 0 Å². The Kier molecular flexibility index (Phi) is 4.04. The Bertz CT molecular complexity index is 417. The minimum atomic E-state index is 0.546. The second-order valence-electron chi connectivity index (χ2n) is 5.22. The van der Waals surface area contributed by atoms with Gasteiger partial charge in [0, 0.05) is 24.6 Å².